The van der Waals surface area contributed by atoms with Gasteiger partial charge in [-0.15, -0.1) is 10.2 Å². The first kappa shape index (κ1) is 18.7. The molecule has 0 radical (unpaired) electrons. The van der Waals surface area contributed by atoms with Gasteiger partial charge in [0.25, 0.3) is 5.95 Å². The molecule has 5 rings (SSSR count). The number of H-pyrrole nitrogens is 1. The minimum absolute atomic E-state index is 0.329. The lowest BCUT2D eigenvalue weighted by molar-refractivity contribution is 0.306. The van der Waals surface area contributed by atoms with E-state index in [4.69, 9.17) is 4.74 Å². The van der Waals surface area contributed by atoms with Crippen LogP contribution >= 0.6 is 0 Å². The van der Waals surface area contributed by atoms with Gasteiger partial charge in [-0.25, -0.2) is 5.43 Å². The Labute approximate surface area is 178 Å². The number of aromatic amines is 1. The summed E-state index contributed by atoms with van der Waals surface area (Å²) < 4.78 is 5.80. The summed E-state index contributed by atoms with van der Waals surface area (Å²) >= 11 is 0. The van der Waals surface area contributed by atoms with Gasteiger partial charge < -0.3 is 9.72 Å². The quantitative estimate of drug-likeness (QED) is 0.310. The Kier molecular flexibility index (Phi) is 4.98. The molecule has 0 saturated heterocycles. The molecule has 7 nitrogen and oxygen atoms in total. The number of rotatable bonds is 6. The van der Waals surface area contributed by atoms with Gasteiger partial charge in [-0.3, -0.25) is 0 Å². The van der Waals surface area contributed by atoms with E-state index in [1.165, 1.54) is 0 Å². The number of para-hydroxylation sites is 1. The predicted molar refractivity (Wildman–Crippen MR) is 122 cm³/mol. The molecule has 3 aromatic carbocycles. The first-order valence-corrected chi connectivity index (χ1v) is 9.94. The maximum atomic E-state index is 5.80. The summed E-state index contributed by atoms with van der Waals surface area (Å²) in [6, 6.07) is 23.8. The van der Waals surface area contributed by atoms with Crippen molar-refractivity contribution in [1.29, 1.82) is 0 Å². The monoisotopic (exact) mass is 408 g/mol. The van der Waals surface area contributed by atoms with E-state index in [1.807, 2.05) is 79.7 Å². The fraction of sp³-hybridized carbons (Fsp3) is 0.0833. The van der Waals surface area contributed by atoms with Gasteiger partial charge >= 0.3 is 0 Å². The van der Waals surface area contributed by atoms with Crippen LogP contribution in [-0.2, 0) is 6.61 Å². The highest BCUT2D eigenvalue weighted by Gasteiger charge is 2.09. The molecular formula is C24H20N6O. The molecular weight excluding hydrogens is 388 g/mol. The maximum Gasteiger partial charge on any atom is 0.265 e. The van der Waals surface area contributed by atoms with E-state index >= 15 is 0 Å². The standard InChI is InChI=1S/C24H20N6O/c1-16-6-5-9-20-21(16)26-23-22(20)28-30-24(27-23)29-25-14-17-10-12-19(13-11-17)31-15-18-7-3-2-4-8-18/h2-14H,15H2,1H3,(H2,26,27,29,30)/b25-14+. The number of aromatic nitrogens is 4. The van der Waals surface area contributed by atoms with Crippen LogP contribution in [0.5, 0.6) is 5.75 Å². The van der Waals surface area contributed by atoms with Crippen LogP contribution in [0.3, 0.4) is 0 Å². The van der Waals surface area contributed by atoms with E-state index < -0.39 is 0 Å². The van der Waals surface area contributed by atoms with Crippen molar-refractivity contribution >= 4 is 34.2 Å². The van der Waals surface area contributed by atoms with Crippen LogP contribution in [0.4, 0.5) is 5.95 Å². The van der Waals surface area contributed by atoms with Gasteiger partial charge in [0.1, 0.15) is 17.9 Å². The number of ether oxygens (including phenoxy) is 1. The Morgan fingerprint density at radius 2 is 1.81 bits per heavy atom. The Balaban J connectivity index is 1.24. The summed E-state index contributed by atoms with van der Waals surface area (Å²) in [6.07, 6.45) is 1.70. The van der Waals surface area contributed by atoms with Gasteiger partial charge in [0, 0.05) is 5.39 Å². The number of benzene rings is 3. The molecule has 0 atom stereocenters. The summed E-state index contributed by atoms with van der Waals surface area (Å²) in [5.41, 5.74) is 8.49. The number of nitrogens with zero attached hydrogens (tertiary/aromatic N) is 4. The van der Waals surface area contributed by atoms with Crippen molar-refractivity contribution in [2.24, 2.45) is 5.10 Å². The third-order valence-corrected chi connectivity index (χ3v) is 4.96. The molecule has 0 spiro atoms. The second kappa shape index (κ2) is 8.23. The van der Waals surface area contributed by atoms with Crippen molar-refractivity contribution in [3.05, 3.63) is 89.5 Å². The third kappa shape index (κ3) is 4.06. The molecule has 0 aliphatic carbocycles. The first-order valence-electron chi connectivity index (χ1n) is 9.94. The summed E-state index contributed by atoms with van der Waals surface area (Å²) in [4.78, 5) is 7.78. The summed E-state index contributed by atoms with van der Waals surface area (Å²) in [5, 5.41) is 13.7. The minimum atomic E-state index is 0.329. The summed E-state index contributed by atoms with van der Waals surface area (Å²) in [5.74, 6) is 1.14. The number of hydrogen-bond acceptors (Lipinski definition) is 6. The van der Waals surface area contributed by atoms with Gasteiger partial charge in [0.05, 0.1) is 11.7 Å². The summed E-state index contributed by atoms with van der Waals surface area (Å²) in [6.45, 7) is 2.59. The van der Waals surface area contributed by atoms with Crippen molar-refractivity contribution in [3.63, 3.8) is 0 Å². The zero-order valence-electron chi connectivity index (χ0n) is 16.9. The van der Waals surface area contributed by atoms with Crippen molar-refractivity contribution in [2.45, 2.75) is 13.5 Å². The van der Waals surface area contributed by atoms with Crippen LogP contribution in [0.1, 0.15) is 16.7 Å². The Morgan fingerprint density at radius 3 is 2.65 bits per heavy atom. The number of hydrogen-bond donors (Lipinski definition) is 2. The molecule has 5 aromatic rings. The molecule has 0 saturated carbocycles. The molecule has 0 amide bonds. The van der Waals surface area contributed by atoms with Crippen LogP contribution in [-0.4, -0.2) is 26.4 Å². The highest BCUT2D eigenvalue weighted by molar-refractivity contribution is 6.04. The van der Waals surface area contributed by atoms with Gasteiger partial charge in [0.2, 0.25) is 0 Å². The molecule has 152 valence electrons. The second-order valence-electron chi connectivity index (χ2n) is 7.17. The number of fused-ring (bicyclic) bond motifs is 3. The van der Waals surface area contributed by atoms with E-state index in [-0.39, 0.29) is 0 Å². The molecule has 0 aliphatic heterocycles. The minimum Gasteiger partial charge on any atom is -0.489 e. The zero-order valence-corrected chi connectivity index (χ0v) is 16.9. The number of anilines is 1. The van der Waals surface area contributed by atoms with Gasteiger partial charge in [-0.1, -0.05) is 48.5 Å². The predicted octanol–water partition coefficient (Wildman–Crippen LogP) is 4.84. The Morgan fingerprint density at radius 1 is 0.968 bits per heavy atom. The number of nitrogens with one attached hydrogen (secondary N) is 2. The normalized spacial score (nSPS) is 11.4. The highest BCUT2D eigenvalue weighted by Crippen LogP contribution is 2.24. The van der Waals surface area contributed by atoms with E-state index in [0.29, 0.717) is 18.2 Å². The van der Waals surface area contributed by atoms with E-state index in [2.05, 4.69) is 30.7 Å². The lowest BCUT2D eigenvalue weighted by Crippen LogP contribution is -1.99. The average Bonchev–Trinajstić information content (AvgIpc) is 3.19. The van der Waals surface area contributed by atoms with Crippen molar-refractivity contribution < 1.29 is 4.74 Å². The van der Waals surface area contributed by atoms with Crippen LogP contribution < -0.4 is 10.2 Å². The maximum absolute atomic E-state index is 5.80. The Bertz CT molecular complexity index is 1360. The van der Waals surface area contributed by atoms with E-state index in [9.17, 15) is 0 Å². The van der Waals surface area contributed by atoms with Gasteiger partial charge in [0.15, 0.2) is 5.65 Å². The largest absolute Gasteiger partial charge is 0.489 e. The molecule has 2 N–H and O–H groups in total. The van der Waals surface area contributed by atoms with Gasteiger partial charge in [-0.05, 0) is 47.9 Å². The highest BCUT2D eigenvalue weighted by atomic mass is 16.5. The van der Waals surface area contributed by atoms with Crippen LogP contribution in [0, 0.1) is 6.92 Å². The van der Waals surface area contributed by atoms with E-state index in [0.717, 1.165) is 38.9 Å². The average molecular weight is 408 g/mol. The molecule has 0 fully saturated rings. The molecule has 0 unspecified atom stereocenters. The summed E-state index contributed by atoms with van der Waals surface area (Å²) in [7, 11) is 0. The van der Waals surface area contributed by atoms with Crippen molar-refractivity contribution in [2.75, 3.05) is 5.43 Å². The molecule has 2 aromatic heterocycles. The fourth-order valence-electron chi connectivity index (χ4n) is 3.35. The van der Waals surface area contributed by atoms with Gasteiger partial charge in [-0.2, -0.15) is 10.1 Å². The SMILES string of the molecule is Cc1cccc2c1[nH]c1nc(N/N=C/c3ccc(OCc4ccccc4)cc3)nnc12. The molecule has 31 heavy (non-hydrogen) atoms. The smallest absolute Gasteiger partial charge is 0.265 e. The third-order valence-electron chi connectivity index (χ3n) is 4.96. The molecule has 0 aliphatic rings. The van der Waals surface area contributed by atoms with E-state index in [1.54, 1.807) is 6.21 Å². The lowest BCUT2D eigenvalue weighted by Gasteiger charge is -2.06. The van der Waals surface area contributed by atoms with Crippen LogP contribution in [0.25, 0.3) is 22.1 Å². The molecule has 0 bridgehead atoms. The molecule has 7 heteroatoms. The zero-order chi connectivity index (χ0) is 21.0. The number of hydrazone groups is 1. The second-order valence-corrected chi connectivity index (χ2v) is 7.17. The Hall–Kier alpha value is -4.26. The van der Waals surface area contributed by atoms with Crippen molar-refractivity contribution in [3.8, 4) is 5.75 Å². The van der Waals surface area contributed by atoms with Crippen molar-refractivity contribution in [1.82, 2.24) is 20.2 Å². The van der Waals surface area contributed by atoms with Crippen LogP contribution in [0.2, 0.25) is 0 Å². The number of aryl methyl sites for hydroxylation is 1. The first-order chi connectivity index (χ1) is 15.3. The van der Waals surface area contributed by atoms with Crippen LogP contribution in [0.15, 0.2) is 77.9 Å². The fourth-order valence-corrected chi connectivity index (χ4v) is 3.35. The topological polar surface area (TPSA) is 88.1 Å². The lowest BCUT2D eigenvalue weighted by atomic mass is 10.1. The molecule has 2 heterocycles.